The van der Waals surface area contributed by atoms with Gasteiger partial charge in [0.1, 0.15) is 10.8 Å². The molecule has 8 nitrogen and oxygen atoms in total. The molecule has 2 rings (SSSR count). The van der Waals surface area contributed by atoms with E-state index >= 15 is 0 Å². The number of carboxylic acid groups (broad SMARTS) is 2. The normalized spacial score (nSPS) is 10.5. The number of benzene rings is 1. The number of esters is 1. The van der Waals surface area contributed by atoms with Crippen LogP contribution in [0.3, 0.4) is 0 Å². The van der Waals surface area contributed by atoms with Crippen LogP contribution in [-0.2, 0) is 14.3 Å². The van der Waals surface area contributed by atoms with Gasteiger partial charge in [0.15, 0.2) is 0 Å². The third-order valence-electron chi connectivity index (χ3n) is 3.75. The van der Waals surface area contributed by atoms with Gasteiger partial charge in [-0.05, 0) is 49.2 Å². The lowest BCUT2D eigenvalue weighted by molar-refractivity contribution is -0.148. The Balaban J connectivity index is 2.55. The van der Waals surface area contributed by atoms with Crippen molar-refractivity contribution in [2.75, 3.05) is 19.0 Å². The summed E-state index contributed by atoms with van der Waals surface area (Å²) in [4.78, 5) is 35.5. The van der Waals surface area contributed by atoms with Crippen LogP contribution in [0.5, 0.6) is 5.75 Å². The van der Waals surface area contributed by atoms with Crippen molar-refractivity contribution in [3.63, 3.8) is 0 Å². The SMILES string of the molecule is CCOC(=O)c1c(NC(C(=O)O)C(=O)O)sc(-c2ccc(OC)cc2)c1C. The monoisotopic (exact) mass is 393 g/mol. The van der Waals surface area contributed by atoms with Gasteiger partial charge in [0.05, 0.1) is 19.3 Å². The Bertz CT molecular complexity index is 843. The average molecular weight is 393 g/mol. The fourth-order valence-corrected chi connectivity index (χ4v) is 3.67. The molecule has 1 heterocycles. The van der Waals surface area contributed by atoms with Crippen LogP contribution >= 0.6 is 11.3 Å². The molecule has 1 aromatic carbocycles. The number of hydrogen-bond acceptors (Lipinski definition) is 7. The zero-order valence-electron chi connectivity index (χ0n) is 14.9. The fourth-order valence-electron chi connectivity index (χ4n) is 2.44. The summed E-state index contributed by atoms with van der Waals surface area (Å²) in [5.74, 6) is -3.11. The largest absolute Gasteiger partial charge is 0.497 e. The summed E-state index contributed by atoms with van der Waals surface area (Å²) in [5.41, 5.74) is 1.47. The lowest BCUT2D eigenvalue weighted by Crippen LogP contribution is -2.37. The molecule has 3 N–H and O–H groups in total. The van der Waals surface area contributed by atoms with Crippen LogP contribution < -0.4 is 10.1 Å². The number of carbonyl (C=O) groups excluding carboxylic acids is 1. The highest BCUT2D eigenvalue weighted by atomic mass is 32.1. The molecular weight excluding hydrogens is 374 g/mol. The van der Waals surface area contributed by atoms with Crippen molar-refractivity contribution in [2.24, 2.45) is 0 Å². The molecule has 0 radical (unpaired) electrons. The quantitative estimate of drug-likeness (QED) is 0.462. The Morgan fingerprint density at radius 1 is 1.15 bits per heavy atom. The predicted molar refractivity (Wildman–Crippen MR) is 99.7 cm³/mol. The van der Waals surface area contributed by atoms with Crippen LogP contribution in [0.4, 0.5) is 5.00 Å². The van der Waals surface area contributed by atoms with Gasteiger partial charge in [-0.25, -0.2) is 14.4 Å². The van der Waals surface area contributed by atoms with Crippen LogP contribution in [0.1, 0.15) is 22.8 Å². The van der Waals surface area contributed by atoms with E-state index in [2.05, 4.69) is 5.32 Å². The van der Waals surface area contributed by atoms with Crippen LogP contribution in [0.25, 0.3) is 10.4 Å². The number of carbonyl (C=O) groups is 3. The summed E-state index contributed by atoms with van der Waals surface area (Å²) >= 11 is 1.09. The van der Waals surface area contributed by atoms with E-state index in [1.165, 1.54) is 0 Å². The summed E-state index contributed by atoms with van der Waals surface area (Å²) in [7, 11) is 1.55. The Kier molecular flexibility index (Phi) is 6.40. The van der Waals surface area contributed by atoms with Crippen molar-refractivity contribution >= 4 is 34.2 Å². The van der Waals surface area contributed by atoms with E-state index < -0.39 is 23.9 Å². The number of aliphatic carboxylic acids is 2. The number of nitrogens with one attached hydrogen (secondary N) is 1. The number of anilines is 1. The van der Waals surface area contributed by atoms with E-state index in [0.717, 1.165) is 16.9 Å². The van der Waals surface area contributed by atoms with Crippen molar-refractivity contribution in [1.29, 1.82) is 0 Å². The van der Waals surface area contributed by atoms with Gasteiger partial charge in [0.2, 0.25) is 6.04 Å². The number of rotatable bonds is 8. The molecule has 0 spiro atoms. The van der Waals surface area contributed by atoms with Crippen LogP contribution in [0, 0.1) is 6.92 Å². The first kappa shape index (κ1) is 20.2. The van der Waals surface area contributed by atoms with Crippen LogP contribution in [0.15, 0.2) is 24.3 Å². The molecular formula is C18H19NO7S. The summed E-state index contributed by atoms with van der Waals surface area (Å²) < 4.78 is 10.2. The van der Waals surface area contributed by atoms with E-state index in [-0.39, 0.29) is 17.2 Å². The molecule has 0 saturated heterocycles. The highest BCUT2D eigenvalue weighted by Gasteiger charge is 2.30. The molecule has 27 heavy (non-hydrogen) atoms. The smallest absolute Gasteiger partial charge is 0.341 e. The molecule has 0 bridgehead atoms. The van der Waals surface area contributed by atoms with Crippen molar-refractivity contribution in [2.45, 2.75) is 19.9 Å². The van der Waals surface area contributed by atoms with E-state index in [4.69, 9.17) is 19.7 Å². The number of methoxy groups -OCH3 is 1. The summed E-state index contributed by atoms with van der Waals surface area (Å²) in [5, 5.41) is 20.8. The molecule has 0 atom stereocenters. The Morgan fingerprint density at radius 2 is 1.74 bits per heavy atom. The molecule has 0 saturated carbocycles. The predicted octanol–water partition coefficient (Wildman–Crippen LogP) is 2.86. The Morgan fingerprint density at radius 3 is 2.22 bits per heavy atom. The lowest BCUT2D eigenvalue weighted by Gasteiger charge is -2.11. The van der Waals surface area contributed by atoms with Crippen molar-refractivity contribution in [3.05, 3.63) is 35.4 Å². The zero-order chi connectivity index (χ0) is 20.1. The molecule has 0 aliphatic rings. The minimum atomic E-state index is -1.89. The maximum atomic E-state index is 12.4. The first-order valence-electron chi connectivity index (χ1n) is 7.97. The maximum absolute atomic E-state index is 12.4. The molecule has 144 valence electrons. The number of thiophene rings is 1. The van der Waals surface area contributed by atoms with E-state index in [1.807, 2.05) is 0 Å². The van der Waals surface area contributed by atoms with Crippen LogP contribution in [0.2, 0.25) is 0 Å². The number of ether oxygens (including phenoxy) is 2. The minimum Gasteiger partial charge on any atom is -0.497 e. The van der Waals surface area contributed by atoms with Gasteiger partial charge in [-0.2, -0.15) is 0 Å². The van der Waals surface area contributed by atoms with Gasteiger partial charge >= 0.3 is 17.9 Å². The molecule has 0 aliphatic heterocycles. The molecule has 9 heteroatoms. The molecule has 2 aromatic rings. The molecule has 0 amide bonds. The van der Waals surface area contributed by atoms with E-state index in [1.54, 1.807) is 45.2 Å². The second kappa shape index (κ2) is 8.54. The highest BCUT2D eigenvalue weighted by Crippen LogP contribution is 2.41. The first-order valence-corrected chi connectivity index (χ1v) is 8.78. The summed E-state index contributed by atoms with van der Waals surface area (Å²) in [6.45, 7) is 3.48. The summed E-state index contributed by atoms with van der Waals surface area (Å²) in [6.07, 6.45) is 0. The lowest BCUT2D eigenvalue weighted by atomic mass is 10.1. The number of carboxylic acids is 2. The van der Waals surface area contributed by atoms with Gasteiger partial charge in [0.25, 0.3) is 0 Å². The Hall–Kier alpha value is -3.07. The summed E-state index contributed by atoms with van der Waals surface area (Å²) in [6, 6.07) is 5.20. The minimum absolute atomic E-state index is 0.125. The average Bonchev–Trinajstić information content (AvgIpc) is 2.95. The van der Waals surface area contributed by atoms with Gasteiger partial charge in [-0.3, -0.25) is 0 Å². The standard InChI is InChI=1S/C18H19NO7S/c1-4-26-18(24)12-9(2)14(10-5-7-11(25-3)8-6-10)27-15(12)19-13(16(20)21)17(22)23/h5-8,13,19H,4H2,1-3H3,(H,20,21)(H,22,23). The van der Waals surface area contributed by atoms with Crippen molar-refractivity contribution < 1.29 is 34.1 Å². The Labute approximate surface area is 159 Å². The second-order valence-corrected chi connectivity index (χ2v) is 6.48. The third kappa shape index (κ3) is 4.37. The van der Waals surface area contributed by atoms with E-state index in [9.17, 15) is 14.4 Å². The van der Waals surface area contributed by atoms with Crippen LogP contribution in [-0.4, -0.2) is 47.9 Å². The number of hydrogen-bond donors (Lipinski definition) is 3. The van der Waals surface area contributed by atoms with Gasteiger partial charge in [-0.15, -0.1) is 11.3 Å². The van der Waals surface area contributed by atoms with Gasteiger partial charge < -0.3 is 25.0 Å². The zero-order valence-corrected chi connectivity index (χ0v) is 15.8. The molecule has 0 fully saturated rings. The molecule has 0 unspecified atom stereocenters. The molecule has 0 aliphatic carbocycles. The van der Waals surface area contributed by atoms with Gasteiger partial charge in [-0.1, -0.05) is 0 Å². The van der Waals surface area contributed by atoms with Crippen molar-refractivity contribution in [3.8, 4) is 16.2 Å². The third-order valence-corrected chi connectivity index (χ3v) is 5.02. The fraction of sp³-hybridized carbons (Fsp3) is 0.278. The maximum Gasteiger partial charge on any atom is 0.341 e. The van der Waals surface area contributed by atoms with Crippen molar-refractivity contribution in [1.82, 2.24) is 0 Å². The van der Waals surface area contributed by atoms with Gasteiger partial charge in [0, 0.05) is 4.88 Å². The first-order chi connectivity index (χ1) is 12.8. The van der Waals surface area contributed by atoms with E-state index in [0.29, 0.717) is 16.2 Å². The molecule has 1 aromatic heterocycles. The topological polar surface area (TPSA) is 122 Å². The highest BCUT2D eigenvalue weighted by molar-refractivity contribution is 7.20. The second-order valence-electron chi connectivity index (χ2n) is 5.46.